The number of rotatable bonds is 6. The fourth-order valence-corrected chi connectivity index (χ4v) is 4.43. The Kier molecular flexibility index (Phi) is 7.42. The normalized spacial score (nSPS) is 19.5. The van der Waals surface area contributed by atoms with Crippen LogP contribution >= 0.6 is 0 Å². The van der Waals surface area contributed by atoms with Gasteiger partial charge in [-0.1, -0.05) is 0 Å². The summed E-state index contributed by atoms with van der Waals surface area (Å²) < 4.78 is 38.6. The molecule has 2 aliphatic heterocycles. The zero-order chi connectivity index (χ0) is 25.0. The maximum Gasteiger partial charge on any atom is 0.391 e. The van der Waals surface area contributed by atoms with Gasteiger partial charge in [0.25, 0.3) is 0 Å². The van der Waals surface area contributed by atoms with Crippen LogP contribution in [0.3, 0.4) is 0 Å². The van der Waals surface area contributed by atoms with E-state index in [2.05, 4.69) is 20.6 Å². The van der Waals surface area contributed by atoms with E-state index in [1.54, 1.807) is 24.3 Å². The Labute approximate surface area is 201 Å². The number of aromatic nitrogens is 2. The summed E-state index contributed by atoms with van der Waals surface area (Å²) in [6.07, 6.45) is 0.200. The number of piperidine rings is 2. The molecule has 1 unspecified atom stereocenters. The van der Waals surface area contributed by atoms with Crippen LogP contribution in [-0.2, 0) is 16.1 Å². The van der Waals surface area contributed by atoms with Crippen LogP contribution in [0.1, 0.15) is 31.4 Å². The van der Waals surface area contributed by atoms with E-state index in [4.69, 9.17) is 0 Å². The van der Waals surface area contributed by atoms with Crippen LogP contribution in [0.4, 0.5) is 30.4 Å². The highest BCUT2D eigenvalue weighted by Crippen LogP contribution is 2.35. The van der Waals surface area contributed by atoms with Crippen molar-refractivity contribution in [3.63, 3.8) is 0 Å². The number of nitrogens with one attached hydrogen (secondary N) is 2. The van der Waals surface area contributed by atoms with E-state index in [0.29, 0.717) is 44.0 Å². The van der Waals surface area contributed by atoms with Crippen LogP contribution in [0.15, 0.2) is 36.7 Å². The molecule has 188 valence electrons. The van der Waals surface area contributed by atoms with E-state index in [9.17, 15) is 22.8 Å². The second kappa shape index (κ2) is 10.5. The van der Waals surface area contributed by atoms with Gasteiger partial charge in [-0.25, -0.2) is 4.98 Å². The molecule has 3 heterocycles. The van der Waals surface area contributed by atoms with Crippen molar-refractivity contribution in [3.05, 3.63) is 42.4 Å². The molecule has 2 aromatic rings. The highest BCUT2D eigenvalue weighted by molar-refractivity contribution is 5.83. The van der Waals surface area contributed by atoms with Gasteiger partial charge < -0.3 is 20.4 Å². The molecule has 2 amide bonds. The number of anilines is 3. The van der Waals surface area contributed by atoms with Crippen molar-refractivity contribution in [2.45, 2.75) is 38.4 Å². The number of hydrogen-bond donors (Lipinski definition) is 2. The first kappa shape index (κ1) is 24.7. The molecule has 2 saturated heterocycles. The Hall–Kier alpha value is -3.37. The number of nitrogens with zero attached hydrogens (tertiary/aromatic N) is 4. The molecule has 1 aromatic heterocycles. The molecule has 4 rings (SSSR count). The molecule has 35 heavy (non-hydrogen) atoms. The molecule has 0 aliphatic carbocycles. The lowest BCUT2D eigenvalue weighted by molar-refractivity contribution is -0.179. The molecule has 0 bridgehead atoms. The van der Waals surface area contributed by atoms with Crippen LogP contribution in [0.2, 0.25) is 0 Å². The largest absolute Gasteiger partial charge is 0.391 e. The van der Waals surface area contributed by atoms with Crippen molar-refractivity contribution in [2.75, 3.05) is 36.9 Å². The fourth-order valence-electron chi connectivity index (χ4n) is 4.43. The van der Waals surface area contributed by atoms with Crippen LogP contribution in [0.5, 0.6) is 0 Å². The molecule has 2 fully saturated rings. The van der Waals surface area contributed by atoms with Crippen molar-refractivity contribution in [1.82, 2.24) is 20.2 Å². The van der Waals surface area contributed by atoms with Crippen molar-refractivity contribution < 1.29 is 22.8 Å². The first-order valence-electron chi connectivity index (χ1n) is 11.7. The summed E-state index contributed by atoms with van der Waals surface area (Å²) in [5, 5.41) is 6.00. The highest BCUT2D eigenvalue weighted by Gasteiger charge is 2.41. The monoisotopic (exact) mass is 490 g/mol. The first-order chi connectivity index (χ1) is 16.7. The van der Waals surface area contributed by atoms with E-state index in [-0.39, 0.29) is 37.1 Å². The standard InChI is InChI=1S/C24H29F3N6O2/c1-32-15-16(2-7-22(32)34)23(35)30-13-19-12-29-21(14-28-19)31-18-3-5-20(6-4-18)33-10-8-17(9-11-33)24(25,26)27/h3-6,12,14,16-17H,2,7-11,13,15H2,1H3,(H,29,31)(H,30,35). The minimum absolute atomic E-state index is 0.0585. The molecule has 0 spiro atoms. The van der Waals surface area contributed by atoms with Gasteiger partial charge in [0.1, 0.15) is 5.82 Å². The topological polar surface area (TPSA) is 90.5 Å². The molecule has 1 aromatic carbocycles. The van der Waals surface area contributed by atoms with Gasteiger partial charge in [0, 0.05) is 44.5 Å². The lowest BCUT2D eigenvalue weighted by atomic mass is 9.96. The number of likely N-dealkylation sites (tertiary alicyclic amines) is 1. The Bertz CT molecular complexity index is 1020. The minimum atomic E-state index is -4.11. The lowest BCUT2D eigenvalue weighted by Gasteiger charge is -2.34. The number of halogens is 3. The third-order valence-corrected chi connectivity index (χ3v) is 6.61. The van der Waals surface area contributed by atoms with Gasteiger partial charge in [-0.15, -0.1) is 0 Å². The molecular weight excluding hydrogens is 461 g/mol. The van der Waals surface area contributed by atoms with Crippen molar-refractivity contribution >= 4 is 29.0 Å². The van der Waals surface area contributed by atoms with Crippen molar-refractivity contribution in [1.29, 1.82) is 0 Å². The SMILES string of the molecule is CN1CC(C(=O)NCc2cnc(Nc3ccc(N4CCC(C(F)(F)F)CC4)cc3)cn2)CCC1=O. The van der Waals surface area contributed by atoms with Gasteiger partial charge >= 0.3 is 6.18 Å². The van der Waals surface area contributed by atoms with E-state index in [1.807, 2.05) is 29.2 Å². The fraction of sp³-hybridized carbons (Fsp3) is 0.500. The first-order valence-corrected chi connectivity index (χ1v) is 11.7. The third-order valence-electron chi connectivity index (χ3n) is 6.61. The molecule has 2 aliphatic rings. The minimum Gasteiger partial charge on any atom is -0.372 e. The number of alkyl halides is 3. The maximum absolute atomic E-state index is 12.9. The smallest absolute Gasteiger partial charge is 0.372 e. The second-order valence-electron chi connectivity index (χ2n) is 9.10. The van der Waals surface area contributed by atoms with Gasteiger partial charge in [0.2, 0.25) is 11.8 Å². The summed E-state index contributed by atoms with van der Waals surface area (Å²) in [4.78, 5) is 36.2. The average molecular weight is 491 g/mol. The Morgan fingerprint density at radius 1 is 1.09 bits per heavy atom. The van der Waals surface area contributed by atoms with Gasteiger partial charge in [0.05, 0.1) is 36.5 Å². The van der Waals surface area contributed by atoms with E-state index in [1.165, 1.54) is 0 Å². The predicted molar refractivity (Wildman–Crippen MR) is 125 cm³/mol. The molecule has 8 nitrogen and oxygen atoms in total. The highest BCUT2D eigenvalue weighted by atomic mass is 19.4. The molecule has 11 heteroatoms. The molecule has 1 atom stereocenters. The summed E-state index contributed by atoms with van der Waals surface area (Å²) in [6.45, 7) is 1.44. The summed E-state index contributed by atoms with van der Waals surface area (Å²) in [5.74, 6) is -0.940. The van der Waals surface area contributed by atoms with E-state index < -0.39 is 12.1 Å². The van der Waals surface area contributed by atoms with Crippen LogP contribution < -0.4 is 15.5 Å². The van der Waals surface area contributed by atoms with Gasteiger partial charge in [-0.2, -0.15) is 13.2 Å². The van der Waals surface area contributed by atoms with Crippen molar-refractivity contribution in [2.24, 2.45) is 11.8 Å². The molecule has 2 N–H and O–H groups in total. The maximum atomic E-state index is 12.9. The summed E-state index contributed by atoms with van der Waals surface area (Å²) in [7, 11) is 1.70. The molecular formula is C24H29F3N6O2. The van der Waals surface area contributed by atoms with E-state index >= 15 is 0 Å². The quantitative estimate of drug-likeness (QED) is 0.645. The number of hydrogen-bond acceptors (Lipinski definition) is 6. The summed E-state index contributed by atoms with van der Waals surface area (Å²) in [5.41, 5.74) is 2.29. The number of amides is 2. The zero-order valence-corrected chi connectivity index (χ0v) is 19.5. The third kappa shape index (κ3) is 6.40. The van der Waals surface area contributed by atoms with E-state index in [0.717, 1.165) is 11.4 Å². The molecule has 0 saturated carbocycles. The van der Waals surface area contributed by atoms with Crippen LogP contribution in [0.25, 0.3) is 0 Å². The summed E-state index contributed by atoms with van der Waals surface area (Å²) >= 11 is 0. The lowest BCUT2D eigenvalue weighted by Crippen LogP contribution is -2.43. The zero-order valence-electron chi connectivity index (χ0n) is 19.5. The number of benzene rings is 1. The van der Waals surface area contributed by atoms with Crippen LogP contribution in [-0.4, -0.2) is 59.5 Å². The molecule has 0 radical (unpaired) electrons. The average Bonchev–Trinajstić information content (AvgIpc) is 2.85. The number of carbonyl (C=O) groups excluding carboxylic acids is 2. The second-order valence-corrected chi connectivity index (χ2v) is 9.10. The Morgan fingerprint density at radius 2 is 1.80 bits per heavy atom. The van der Waals surface area contributed by atoms with Crippen molar-refractivity contribution in [3.8, 4) is 0 Å². The Balaban J connectivity index is 1.24. The van der Waals surface area contributed by atoms with Gasteiger partial charge in [0.15, 0.2) is 0 Å². The summed E-state index contributed by atoms with van der Waals surface area (Å²) in [6, 6.07) is 7.47. The van der Waals surface area contributed by atoms with Gasteiger partial charge in [-0.3, -0.25) is 14.6 Å². The Morgan fingerprint density at radius 3 is 2.40 bits per heavy atom. The van der Waals surface area contributed by atoms with Gasteiger partial charge in [-0.05, 0) is 43.5 Å². The predicted octanol–water partition coefficient (Wildman–Crippen LogP) is 3.48. The van der Waals surface area contributed by atoms with Crippen LogP contribution in [0, 0.1) is 11.8 Å². The number of carbonyl (C=O) groups is 2.